The Labute approximate surface area is 100 Å². The van der Waals surface area contributed by atoms with Crippen molar-refractivity contribution in [3.05, 3.63) is 35.4 Å². The molecule has 0 saturated carbocycles. The molecule has 92 valence electrons. The van der Waals surface area contributed by atoms with Gasteiger partial charge in [0.2, 0.25) is 0 Å². The first kappa shape index (κ1) is 13.2. The van der Waals surface area contributed by atoms with Crippen LogP contribution in [0.5, 0.6) is 0 Å². The van der Waals surface area contributed by atoms with Gasteiger partial charge in [-0.15, -0.1) is 0 Å². The van der Waals surface area contributed by atoms with Crippen LogP contribution in [0.25, 0.3) is 0 Å². The number of hydrogen-bond donors (Lipinski definition) is 1. The largest absolute Gasteiger partial charge is 0.481 e. The van der Waals surface area contributed by atoms with Crippen LogP contribution in [0.4, 0.5) is 0 Å². The molecule has 0 bridgehead atoms. The van der Waals surface area contributed by atoms with Gasteiger partial charge in [0.25, 0.3) is 0 Å². The lowest BCUT2D eigenvalue weighted by molar-refractivity contribution is -0.138. The zero-order chi connectivity index (χ0) is 13.0. The maximum Gasteiger partial charge on any atom is 0.338 e. The summed E-state index contributed by atoms with van der Waals surface area (Å²) >= 11 is 0. The summed E-state index contributed by atoms with van der Waals surface area (Å²) in [5.74, 6) is -1.99. The van der Waals surface area contributed by atoms with Crippen molar-refractivity contribution in [2.75, 3.05) is 0 Å². The van der Waals surface area contributed by atoms with Gasteiger partial charge in [-0.3, -0.25) is 4.79 Å². The molecule has 0 radical (unpaired) electrons. The van der Waals surface area contributed by atoms with Crippen molar-refractivity contribution in [2.24, 2.45) is 0 Å². The van der Waals surface area contributed by atoms with Crippen LogP contribution >= 0.6 is 0 Å². The third-order valence-electron chi connectivity index (χ3n) is 2.34. The average Bonchev–Trinajstić information content (AvgIpc) is 2.27. The van der Waals surface area contributed by atoms with Gasteiger partial charge in [0.1, 0.15) is 0 Å². The molecule has 0 heterocycles. The van der Waals surface area contributed by atoms with E-state index in [-0.39, 0.29) is 6.10 Å². The van der Waals surface area contributed by atoms with Crippen molar-refractivity contribution in [3.8, 4) is 0 Å². The Morgan fingerprint density at radius 2 is 1.88 bits per heavy atom. The Morgan fingerprint density at radius 1 is 1.24 bits per heavy atom. The van der Waals surface area contributed by atoms with Crippen LogP contribution in [0, 0.1) is 0 Å². The molecule has 1 aromatic rings. The Kier molecular flexibility index (Phi) is 4.26. The quantitative estimate of drug-likeness (QED) is 0.815. The van der Waals surface area contributed by atoms with Crippen molar-refractivity contribution in [3.63, 3.8) is 0 Å². The number of carbonyl (C=O) groups excluding carboxylic acids is 1. The molecular formula is C13H16O4. The minimum atomic E-state index is -0.917. The predicted molar refractivity (Wildman–Crippen MR) is 63.0 cm³/mol. The number of ether oxygens (including phenoxy) is 1. The standard InChI is InChI=1S/C13H16O4/c1-8(2)17-13(16)11-6-4-5-10(7-11)9(3)12(14)15/h4-9H,1-3H3,(H,14,15). The number of carbonyl (C=O) groups is 2. The van der Waals surface area contributed by atoms with Crippen molar-refractivity contribution in [2.45, 2.75) is 32.8 Å². The second kappa shape index (κ2) is 5.48. The monoisotopic (exact) mass is 236 g/mol. The van der Waals surface area contributed by atoms with Crippen molar-refractivity contribution in [1.29, 1.82) is 0 Å². The van der Waals surface area contributed by atoms with E-state index in [0.29, 0.717) is 11.1 Å². The lowest BCUT2D eigenvalue weighted by atomic mass is 9.99. The number of aliphatic carboxylic acids is 1. The van der Waals surface area contributed by atoms with E-state index in [1.807, 2.05) is 0 Å². The second-order valence-corrected chi connectivity index (χ2v) is 4.14. The van der Waals surface area contributed by atoms with E-state index in [1.54, 1.807) is 45.0 Å². The first-order valence-corrected chi connectivity index (χ1v) is 5.45. The van der Waals surface area contributed by atoms with Gasteiger partial charge < -0.3 is 9.84 Å². The third kappa shape index (κ3) is 3.59. The Hall–Kier alpha value is -1.84. The number of esters is 1. The topological polar surface area (TPSA) is 63.6 Å². The SMILES string of the molecule is CC(C)OC(=O)c1cccc(C(C)C(=O)O)c1. The summed E-state index contributed by atoms with van der Waals surface area (Å²) in [5, 5.41) is 8.89. The van der Waals surface area contributed by atoms with E-state index in [9.17, 15) is 9.59 Å². The summed E-state index contributed by atoms with van der Waals surface area (Å²) in [6, 6.07) is 6.52. The van der Waals surface area contributed by atoms with E-state index in [2.05, 4.69) is 0 Å². The molecular weight excluding hydrogens is 220 g/mol. The zero-order valence-corrected chi connectivity index (χ0v) is 10.1. The van der Waals surface area contributed by atoms with Gasteiger partial charge in [-0.2, -0.15) is 0 Å². The molecule has 0 fully saturated rings. The molecule has 0 aromatic heterocycles. The minimum Gasteiger partial charge on any atom is -0.481 e. The lowest BCUT2D eigenvalue weighted by Gasteiger charge is -2.10. The van der Waals surface area contributed by atoms with Crippen LogP contribution in [-0.2, 0) is 9.53 Å². The van der Waals surface area contributed by atoms with Crippen LogP contribution in [0.1, 0.15) is 42.6 Å². The van der Waals surface area contributed by atoms with Crippen molar-refractivity contribution >= 4 is 11.9 Å². The van der Waals surface area contributed by atoms with Gasteiger partial charge >= 0.3 is 11.9 Å². The van der Waals surface area contributed by atoms with E-state index in [0.717, 1.165) is 0 Å². The summed E-state index contributed by atoms with van der Waals surface area (Å²) in [6.45, 7) is 5.11. The lowest BCUT2D eigenvalue weighted by Crippen LogP contribution is -2.13. The van der Waals surface area contributed by atoms with E-state index >= 15 is 0 Å². The van der Waals surface area contributed by atoms with Gasteiger partial charge in [0.15, 0.2) is 0 Å². The minimum absolute atomic E-state index is 0.192. The Balaban J connectivity index is 2.93. The smallest absolute Gasteiger partial charge is 0.338 e. The molecule has 0 aliphatic heterocycles. The number of hydrogen-bond acceptors (Lipinski definition) is 3. The van der Waals surface area contributed by atoms with Crippen LogP contribution in [0.15, 0.2) is 24.3 Å². The van der Waals surface area contributed by atoms with E-state index < -0.39 is 17.9 Å². The molecule has 0 aliphatic rings. The van der Waals surface area contributed by atoms with Crippen LogP contribution in [-0.4, -0.2) is 23.1 Å². The normalized spacial score (nSPS) is 12.2. The van der Waals surface area contributed by atoms with E-state index in [1.165, 1.54) is 0 Å². The van der Waals surface area contributed by atoms with Gasteiger partial charge in [-0.1, -0.05) is 12.1 Å². The fourth-order valence-electron chi connectivity index (χ4n) is 1.36. The van der Waals surface area contributed by atoms with Crippen LogP contribution in [0.2, 0.25) is 0 Å². The van der Waals surface area contributed by atoms with Crippen molar-refractivity contribution in [1.82, 2.24) is 0 Å². The van der Waals surface area contributed by atoms with Gasteiger partial charge in [-0.25, -0.2) is 4.79 Å². The molecule has 1 aromatic carbocycles. The summed E-state index contributed by atoms with van der Waals surface area (Å²) in [4.78, 5) is 22.5. The number of carboxylic acid groups (broad SMARTS) is 1. The fourth-order valence-corrected chi connectivity index (χ4v) is 1.36. The van der Waals surface area contributed by atoms with Gasteiger partial charge in [0, 0.05) is 0 Å². The maximum absolute atomic E-state index is 11.6. The number of rotatable bonds is 4. The Bertz CT molecular complexity index is 423. The van der Waals surface area contributed by atoms with Gasteiger partial charge in [-0.05, 0) is 38.5 Å². The molecule has 0 amide bonds. The van der Waals surface area contributed by atoms with E-state index in [4.69, 9.17) is 9.84 Å². The summed E-state index contributed by atoms with van der Waals surface area (Å²) < 4.78 is 5.05. The first-order chi connectivity index (χ1) is 7.91. The highest BCUT2D eigenvalue weighted by Gasteiger charge is 2.16. The number of benzene rings is 1. The second-order valence-electron chi connectivity index (χ2n) is 4.14. The molecule has 1 N–H and O–H groups in total. The highest BCUT2D eigenvalue weighted by atomic mass is 16.5. The summed E-state index contributed by atoms with van der Waals surface area (Å²) in [6.07, 6.45) is -0.192. The highest BCUT2D eigenvalue weighted by Crippen LogP contribution is 2.17. The maximum atomic E-state index is 11.6. The number of carboxylic acids is 1. The highest BCUT2D eigenvalue weighted by molar-refractivity contribution is 5.90. The molecule has 1 atom stereocenters. The molecule has 17 heavy (non-hydrogen) atoms. The molecule has 1 rings (SSSR count). The van der Waals surface area contributed by atoms with Crippen LogP contribution in [0.3, 0.4) is 0 Å². The molecule has 0 spiro atoms. The summed E-state index contributed by atoms with van der Waals surface area (Å²) in [7, 11) is 0. The summed E-state index contributed by atoms with van der Waals surface area (Å²) in [5.41, 5.74) is 0.972. The van der Waals surface area contributed by atoms with Crippen molar-refractivity contribution < 1.29 is 19.4 Å². The Morgan fingerprint density at radius 3 is 2.41 bits per heavy atom. The third-order valence-corrected chi connectivity index (χ3v) is 2.34. The molecule has 4 nitrogen and oxygen atoms in total. The van der Waals surface area contributed by atoms with Crippen LogP contribution < -0.4 is 0 Å². The zero-order valence-electron chi connectivity index (χ0n) is 10.1. The molecule has 4 heteroatoms. The first-order valence-electron chi connectivity index (χ1n) is 5.45. The predicted octanol–water partition coefficient (Wildman–Crippen LogP) is 2.44. The molecule has 1 unspecified atom stereocenters. The fraction of sp³-hybridized carbons (Fsp3) is 0.385. The average molecular weight is 236 g/mol. The molecule has 0 saturated heterocycles. The molecule has 0 aliphatic carbocycles. The van der Waals surface area contributed by atoms with Gasteiger partial charge in [0.05, 0.1) is 17.6 Å².